The van der Waals surface area contributed by atoms with E-state index in [-0.39, 0.29) is 17.6 Å². The van der Waals surface area contributed by atoms with E-state index in [1.54, 1.807) is 12.1 Å². The predicted octanol–water partition coefficient (Wildman–Crippen LogP) is 8.66. The molecule has 2 heterocycles. The topological polar surface area (TPSA) is 72.9 Å². The van der Waals surface area contributed by atoms with Crippen molar-refractivity contribution < 1.29 is 14.7 Å². The number of phenolic OH excluding ortho intramolecular Hbond substituents is 1. The third-order valence-corrected chi connectivity index (χ3v) is 11.4. The minimum atomic E-state index is 0.0548. The number of amides is 2. The van der Waals surface area contributed by atoms with E-state index in [1.807, 2.05) is 70.5 Å². The first-order valence-electron chi connectivity index (χ1n) is 18.4. The lowest BCUT2D eigenvalue weighted by Gasteiger charge is -2.32. The van der Waals surface area contributed by atoms with E-state index in [4.69, 9.17) is 0 Å². The minimum Gasteiger partial charge on any atom is -0.508 e. The van der Waals surface area contributed by atoms with Crippen molar-refractivity contribution in [1.29, 1.82) is 0 Å². The number of benzene rings is 4. The fraction of sp³-hybridized carbons (Fsp3) is 0.395. The zero-order valence-electron chi connectivity index (χ0n) is 29.0. The number of carbonyl (C=O) groups is 2. The highest BCUT2D eigenvalue weighted by Gasteiger charge is 2.24. The van der Waals surface area contributed by atoms with Crippen LogP contribution in [0.25, 0.3) is 11.1 Å². The van der Waals surface area contributed by atoms with Crippen LogP contribution >= 0.6 is 15.9 Å². The summed E-state index contributed by atoms with van der Waals surface area (Å²) in [7, 11) is 0. The maximum atomic E-state index is 13.7. The van der Waals surface area contributed by atoms with Gasteiger partial charge >= 0.3 is 0 Å². The number of likely N-dealkylation sites (tertiary alicyclic amines) is 1. The van der Waals surface area contributed by atoms with Crippen LogP contribution < -0.4 is 5.32 Å². The Morgan fingerprint density at radius 2 is 1.46 bits per heavy atom. The average Bonchev–Trinajstić information content (AvgIpc) is 3.15. The third-order valence-electron chi connectivity index (χ3n) is 10.6. The molecule has 4 aromatic carbocycles. The fourth-order valence-corrected chi connectivity index (χ4v) is 7.93. The van der Waals surface area contributed by atoms with Gasteiger partial charge in [-0.25, -0.2) is 0 Å². The molecule has 0 saturated carbocycles. The molecule has 262 valence electrons. The molecule has 0 bridgehead atoms. The van der Waals surface area contributed by atoms with Gasteiger partial charge in [0.1, 0.15) is 5.75 Å². The standard InChI is InChI=1S/C43H50BrN3O3/c44-41-13-2-1-9-38(41)30-42(49)47(27-22-34-14-16-40(48)17-15-34)31-35-8-4-10-36(28-35)37-11-5-12-39(29-37)43(50)46-25-20-33(21-26-46)7-3-6-32-18-23-45-24-19-32/h1-2,4-5,8-17,28-29,32-33,45,48H,3,6-7,18-27,30-31H2. The van der Waals surface area contributed by atoms with Gasteiger partial charge in [-0.05, 0) is 121 Å². The van der Waals surface area contributed by atoms with Gasteiger partial charge in [0.15, 0.2) is 0 Å². The smallest absolute Gasteiger partial charge is 0.253 e. The fourth-order valence-electron chi connectivity index (χ4n) is 7.51. The van der Waals surface area contributed by atoms with Crippen LogP contribution in [0.1, 0.15) is 72.0 Å². The van der Waals surface area contributed by atoms with Crippen LogP contribution in [0.5, 0.6) is 5.75 Å². The average molecular weight is 737 g/mol. The summed E-state index contributed by atoms with van der Waals surface area (Å²) in [6.07, 6.45) is 9.80. The molecule has 50 heavy (non-hydrogen) atoms. The van der Waals surface area contributed by atoms with Crippen molar-refractivity contribution in [3.05, 3.63) is 124 Å². The number of carbonyl (C=O) groups excluding carboxylic acids is 2. The van der Waals surface area contributed by atoms with Gasteiger partial charge in [-0.2, -0.15) is 0 Å². The number of piperidine rings is 2. The molecule has 2 aliphatic heterocycles. The summed E-state index contributed by atoms with van der Waals surface area (Å²) >= 11 is 3.60. The number of hydrogen-bond acceptors (Lipinski definition) is 4. The highest BCUT2D eigenvalue weighted by Crippen LogP contribution is 2.28. The molecular formula is C43H50BrN3O3. The third kappa shape index (κ3) is 10.1. The Labute approximate surface area is 306 Å². The lowest BCUT2D eigenvalue weighted by atomic mass is 9.87. The summed E-state index contributed by atoms with van der Waals surface area (Å²) in [5, 5.41) is 13.2. The number of nitrogens with zero attached hydrogens (tertiary/aromatic N) is 2. The van der Waals surface area contributed by atoms with E-state index >= 15 is 0 Å². The molecule has 0 radical (unpaired) electrons. The number of halogens is 1. The lowest BCUT2D eigenvalue weighted by Crippen LogP contribution is -2.38. The van der Waals surface area contributed by atoms with Crippen molar-refractivity contribution in [2.45, 2.75) is 64.3 Å². The highest BCUT2D eigenvalue weighted by molar-refractivity contribution is 9.10. The second kappa shape index (κ2) is 17.8. The first kappa shape index (κ1) is 35.9. The molecule has 2 amide bonds. The van der Waals surface area contributed by atoms with E-state index in [0.717, 1.165) is 75.6 Å². The van der Waals surface area contributed by atoms with Crippen LogP contribution in [0, 0.1) is 11.8 Å². The Hall–Kier alpha value is -3.94. The van der Waals surface area contributed by atoms with Crippen LogP contribution in [0.3, 0.4) is 0 Å². The molecule has 0 aliphatic carbocycles. The summed E-state index contributed by atoms with van der Waals surface area (Å²) in [5.41, 5.74) is 5.82. The lowest BCUT2D eigenvalue weighted by molar-refractivity contribution is -0.131. The molecule has 7 heteroatoms. The van der Waals surface area contributed by atoms with E-state index in [2.05, 4.69) is 45.5 Å². The van der Waals surface area contributed by atoms with E-state index in [9.17, 15) is 14.7 Å². The normalized spacial score (nSPS) is 15.6. The van der Waals surface area contributed by atoms with Crippen molar-refractivity contribution >= 4 is 27.7 Å². The van der Waals surface area contributed by atoms with Gasteiger partial charge in [0, 0.05) is 36.2 Å². The van der Waals surface area contributed by atoms with Gasteiger partial charge in [-0.3, -0.25) is 9.59 Å². The quantitative estimate of drug-likeness (QED) is 0.144. The molecular weight excluding hydrogens is 686 g/mol. The predicted molar refractivity (Wildman–Crippen MR) is 205 cm³/mol. The molecule has 4 aromatic rings. The molecule has 2 aliphatic rings. The van der Waals surface area contributed by atoms with Crippen molar-refractivity contribution in [2.75, 3.05) is 32.7 Å². The highest BCUT2D eigenvalue weighted by atomic mass is 79.9. The molecule has 0 atom stereocenters. The summed E-state index contributed by atoms with van der Waals surface area (Å²) in [6, 6.07) is 31.3. The van der Waals surface area contributed by atoms with Crippen LogP contribution in [0.4, 0.5) is 0 Å². The number of nitrogens with one attached hydrogen (secondary N) is 1. The first-order chi connectivity index (χ1) is 24.4. The number of phenols is 1. The molecule has 6 nitrogen and oxygen atoms in total. The van der Waals surface area contributed by atoms with Gasteiger partial charge in [0.05, 0.1) is 6.42 Å². The molecule has 0 unspecified atom stereocenters. The SMILES string of the molecule is O=C(Cc1ccccc1Br)N(CCc1ccc(O)cc1)Cc1cccc(-c2cccc(C(=O)N3CCC(CCCC4CCNCC4)CC3)c2)c1. The number of rotatable bonds is 13. The van der Waals surface area contributed by atoms with Crippen LogP contribution in [-0.2, 0) is 24.2 Å². The summed E-state index contributed by atoms with van der Waals surface area (Å²) in [5.74, 6) is 2.03. The molecule has 6 rings (SSSR count). The van der Waals surface area contributed by atoms with Gasteiger partial charge in [-0.1, -0.05) is 95.9 Å². The van der Waals surface area contributed by atoms with E-state index in [1.165, 1.54) is 45.2 Å². The number of aromatic hydroxyl groups is 1. The molecule has 0 aromatic heterocycles. The Morgan fingerprint density at radius 1 is 0.780 bits per heavy atom. The Kier molecular flexibility index (Phi) is 12.8. The molecule has 0 spiro atoms. The Balaban J connectivity index is 1.08. The van der Waals surface area contributed by atoms with Gasteiger partial charge in [-0.15, -0.1) is 0 Å². The van der Waals surface area contributed by atoms with Crippen LogP contribution in [0.15, 0.2) is 102 Å². The maximum absolute atomic E-state index is 13.7. The second-order valence-electron chi connectivity index (χ2n) is 14.1. The zero-order valence-corrected chi connectivity index (χ0v) is 30.6. The van der Waals surface area contributed by atoms with Gasteiger partial charge in [0.25, 0.3) is 5.91 Å². The number of hydrogen-bond donors (Lipinski definition) is 2. The van der Waals surface area contributed by atoms with Crippen LogP contribution in [0.2, 0.25) is 0 Å². The maximum Gasteiger partial charge on any atom is 0.253 e. The monoisotopic (exact) mass is 735 g/mol. The van der Waals surface area contributed by atoms with E-state index in [0.29, 0.717) is 25.9 Å². The Bertz CT molecular complexity index is 1710. The second-order valence-corrected chi connectivity index (χ2v) is 15.0. The summed E-state index contributed by atoms with van der Waals surface area (Å²) in [4.78, 5) is 31.3. The Morgan fingerprint density at radius 3 is 2.20 bits per heavy atom. The first-order valence-corrected chi connectivity index (χ1v) is 19.2. The van der Waals surface area contributed by atoms with E-state index < -0.39 is 0 Å². The largest absolute Gasteiger partial charge is 0.508 e. The van der Waals surface area contributed by atoms with Crippen molar-refractivity contribution in [3.8, 4) is 16.9 Å². The zero-order chi connectivity index (χ0) is 34.7. The molecule has 2 fully saturated rings. The van der Waals surface area contributed by atoms with Gasteiger partial charge < -0.3 is 20.2 Å². The molecule has 2 saturated heterocycles. The van der Waals surface area contributed by atoms with Crippen molar-refractivity contribution in [1.82, 2.24) is 15.1 Å². The van der Waals surface area contributed by atoms with Crippen molar-refractivity contribution in [3.63, 3.8) is 0 Å². The van der Waals surface area contributed by atoms with Crippen LogP contribution in [-0.4, -0.2) is 59.4 Å². The molecule has 2 N–H and O–H groups in total. The minimum absolute atomic E-state index is 0.0548. The summed E-state index contributed by atoms with van der Waals surface area (Å²) in [6.45, 7) is 5.05. The van der Waals surface area contributed by atoms with Crippen molar-refractivity contribution in [2.24, 2.45) is 11.8 Å². The summed E-state index contributed by atoms with van der Waals surface area (Å²) < 4.78 is 0.926. The van der Waals surface area contributed by atoms with Gasteiger partial charge in [0.2, 0.25) is 5.91 Å².